The minimum atomic E-state index is -3.25. The second-order valence-electron chi connectivity index (χ2n) is 4.31. The van der Waals surface area contributed by atoms with Gasteiger partial charge < -0.3 is 5.32 Å². The van der Waals surface area contributed by atoms with Gasteiger partial charge in [0.05, 0.1) is 12.2 Å². The van der Waals surface area contributed by atoms with E-state index in [1.54, 1.807) is 25.1 Å². The summed E-state index contributed by atoms with van der Waals surface area (Å²) in [4.78, 5) is 12.0. The Morgan fingerprint density at radius 3 is 2.30 bits per heavy atom. The van der Waals surface area contributed by atoms with Crippen molar-refractivity contribution in [2.75, 3.05) is 19.3 Å². The van der Waals surface area contributed by atoms with Gasteiger partial charge >= 0.3 is 0 Å². The van der Waals surface area contributed by atoms with Crippen molar-refractivity contribution in [3.8, 4) is 0 Å². The van der Waals surface area contributed by atoms with Crippen LogP contribution < -0.4 is 10.0 Å². The zero-order valence-electron chi connectivity index (χ0n) is 11.1. The molecule has 1 rings (SSSR count). The Morgan fingerprint density at radius 1 is 1.25 bits per heavy atom. The average Bonchev–Trinajstić information content (AvgIpc) is 2.32. The van der Waals surface area contributed by atoms with Crippen molar-refractivity contribution in [2.45, 2.75) is 12.8 Å². The van der Waals surface area contributed by atoms with Gasteiger partial charge in [0.2, 0.25) is 15.9 Å². The quantitative estimate of drug-likeness (QED) is 0.776. The molecule has 0 aromatic heterocycles. The smallest absolute Gasteiger partial charge is 0.227 e. The third kappa shape index (κ3) is 5.28. The van der Waals surface area contributed by atoms with Crippen molar-refractivity contribution in [1.82, 2.24) is 10.0 Å². The fraction of sp³-hybridized carbons (Fsp3) is 0.417. The first kappa shape index (κ1) is 17.2. The van der Waals surface area contributed by atoms with Crippen LogP contribution >= 0.6 is 23.2 Å². The molecule has 0 radical (unpaired) electrons. The largest absolute Gasteiger partial charge is 0.354 e. The summed E-state index contributed by atoms with van der Waals surface area (Å²) in [7, 11) is -3.25. The Hall–Kier alpha value is -0.820. The molecule has 1 atom stereocenters. The second kappa shape index (κ2) is 7.26. The van der Waals surface area contributed by atoms with Crippen LogP contribution in [-0.4, -0.2) is 33.7 Å². The van der Waals surface area contributed by atoms with Crippen molar-refractivity contribution in [3.63, 3.8) is 0 Å². The minimum absolute atomic E-state index is 0.132. The number of halogens is 2. The maximum Gasteiger partial charge on any atom is 0.227 e. The number of amides is 1. The Bertz CT molecular complexity index is 570. The number of hydrogen-bond donors (Lipinski definition) is 2. The fourth-order valence-corrected chi connectivity index (χ4v) is 2.83. The molecule has 0 aliphatic carbocycles. The lowest BCUT2D eigenvalue weighted by molar-refractivity contribution is -0.122. The molecule has 1 aromatic carbocycles. The van der Waals surface area contributed by atoms with Crippen LogP contribution in [0, 0.1) is 0 Å². The molecule has 0 spiro atoms. The van der Waals surface area contributed by atoms with Gasteiger partial charge in [0, 0.05) is 28.7 Å². The average molecular weight is 339 g/mol. The van der Waals surface area contributed by atoms with Crippen molar-refractivity contribution in [2.24, 2.45) is 0 Å². The normalized spacial score (nSPS) is 13.0. The summed E-state index contributed by atoms with van der Waals surface area (Å²) >= 11 is 12.1. The van der Waals surface area contributed by atoms with Crippen molar-refractivity contribution in [3.05, 3.63) is 33.8 Å². The molecule has 2 N–H and O–H groups in total. The van der Waals surface area contributed by atoms with E-state index in [4.69, 9.17) is 23.2 Å². The van der Waals surface area contributed by atoms with Gasteiger partial charge in [-0.05, 0) is 19.1 Å². The van der Waals surface area contributed by atoms with Crippen LogP contribution in [0.1, 0.15) is 18.4 Å². The standard InChI is InChI=1S/C12H16Cl2N2O3S/c1-8(11-9(13)4-3-5-10(11)14)12(17)15-6-7-16-20(2,18)19/h3-5,8,16H,6-7H2,1-2H3,(H,15,17)/t8-/m1/s1. The highest BCUT2D eigenvalue weighted by Gasteiger charge is 2.20. The number of benzene rings is 1. The molecule has 0 saturated heterocycles. The summed E-state index contributed by atoms with van der Waals surface area (Å²) in [6.07, 6.45) is 1.06. The Labute approximate surface area is 128 Å². The zero-order chi connectivity index (χ0) is 15.3. The van der Waals surface area contributed by atoms with Gasteiger partial charge in [-0.25, -0.2) is 13.1 Å². The van der Waals surface area contributed by atoms with Crippen LogP contribution in [0.5, 0.6) is 0 Å². The van der Waals surface area contributed by atoms with Gasteiger partial charge in [-0.2, -0.15) is 0 Å². The molecule has 0 unspecified atom stereocenters. The van der Waals surface area contributed by atoms with Crippen LogP contribution in [0.4, 0.5) is 0 Å². The maximum atomic E-state index is 12.0. The summed E-state index contributed by atoms with van der Waals surface area (Å²) in [6.45, 7) is 2.01. The predicted molar refractivity (Wildman–Crippen MR) is 80.7 cm³/mol. The lowest BCUT2D eigenvalue weighted by Crippen LogP contribution is -2.36. The summed E-state index contributed by atoms with van der Waals surface area (Å²) in [5, 5.41) is 3.48. The highest BCUT2D eigenvalue weighted by Crippen LogP contribution is 2.31. The number of hydrogen-bond acceptors (Lipinski definition) is 3. The zero-order valence-corrected chi connectivity index (χ0v) is 13.4. The number of nitrogens with one attached hydrogen (secondary N) is 2. The third-order valence-electron chi connectivity index (χ3n) is 2.61. The summed E-state index contributed by atoms with van der Waals surface area (Å²) in [5.74, 6) is -0.787. The number of rotatable bonds is 6. The van der Waals surface area contributed by atoms with Gasteiger partial charge in [0.25, 0.3) is 0 Å². The first-order valence-electron chi connectivity index (χ1n) is 5.88. The van der Waals surface area contributed by atoms with Gasteiger partial charge in [-0.1, -0.05) is 29.3 Å². The molecular weight excluding hydrogens is 323 g/mol. The first-order chi connectivity index (χ1) is 9.22. The second-order valence-corrected chi connectivity index (χ2v) is 6.96. The molecule has 0 fully saturated rings. The monoisotopic (exact) mass is 338 g/mol. The van der Waals surface area contributed by atoms with Crippen molar-refractivity contribution < 1.29 is 13.2 Å². The van der Waals surface area contributed by atoms with E-state index in [2.05, 4.69) is 10.0 Å². The lowest BCUT2D eigenvalue weighted by Gasteiger charge is -2.15. The number of carbonyl (C=O) groups excluding carboxylic acids is 1. The predicted octanol–water partition coefficient (Wildman–Crippen LogP) is 1.76. The van der Waals surface area contributed by atoms with Crippen LogP contribution in [0.2, 0.25) is 10.0 Å². The molecule has 1 aromatic rings. The highest BCUT2D eigenvalue weighted by molar-refractivity contribution is 7.88. The van der Waals surface area contributed by atoms with Gasteiger partial charge in [0.1, 0.15) is 0 Å². The SMILES string of the molecule is C[C@@H](C(=O)NCCNS(C)(=O)=O)c1c(Cl)cccc1Cl. The van der Waals surface area contributed by atoms with Gasteiger partial charge in [-0.15, -0.1) is 0 Å². The molecule has 5 nitrogen and oxygen atoms in total. The van der Waals surface area contributed by atoms with Crippen molar-refractivity contribution >= 4 is 39.1 Å². The van der Waals surface area contributed by atoms with Crippen LogP contribution in [0.15, 0.2) is 18.2 Å². The van der Waals surface area contributed by atoms with E-state index in [1.165, 1.54) is 0 Å². The van der Waals surface area contributed by atoms with E-state index >= 15 is 0 Å². The van der Waals surface area contributed by atoms with E-state index < -0.39 is 15.9 Å². The molecule has 8 heteroatoms. The maximum absolute atomic E-state index is 12.0. The molecule has 0 aliphatic rings. The Kier molecular flexibility index (Phi) is 6.26. The molecular formula is C12H16Cl2N2O3S. The molecule has 112 valence electrons. The lowest BCUT2D eigenvalue weighted by atomic mass is 10.0. The minimum Gasteiger partial charge on any atom is -0.354 e. The molecule has 0 aliphatic heterocycles. The van der Waals surface area contributed by atoms with Gasteiger partial charge in [-0.3, -0.25) is 4.79 Å². The topological polar surface area (TPSA) is 75.3 Å². The molecule has 0 heterocycles. The van der Waals surface area contributed by atoms with E-state index in [1.807, 2.05) is 0 Å². The van der Waals surface area contributed by atoms with Crippen LogP contribution in [0.25, 0.3) is 0 Å². The number of carbonyl (C=O) groups is 1. The fourth-order valence-electron chi connectivity index (χ4n) is 1.63. The number of sulfonamides is 1. The summed E-state index contributed by atoms with van der Waals surface area (Å²) < 4.78 is 24.0. The van der Waals surface area contributed by atoms with E-state index in [-0.39, 0.29) is 19.0 Å². The van der Waals surface area contributed by atoms with Crippen molar-refractivity contribution in [1.29, 1.82) is 0 Å². The van der Waals surface area contributed by atoms with E-state index in [0.29, 0.717) is 15.6 Å². The van der Waals surface area contributed by atoms with Crippen LogP contribution in [-0.2, 0) is 14.8 Å². The molecule has 0 bridgehead atoms. The Balaban J connectivity index is 2.60. The van der Waals surface area contributed by atoms with Crippen LogP contribution in [0.3, 0.4) is 0 Å². The third-order valence-corrected chi connectivity index (χ3v) is 4.00. The van der Waals surface area contributed by atoms with E-state index in [9.17, 15) is 13.2 Å². The molecule has 1 amide bonds. The molecule has 0 saturated carbocycles. The van der Waals surface area contributed by atoms with E-state index in [0.717, 1.165) is 6.26 Å². The Morgan fingerprint density at radius 2 is 1.80 bits per heavy atom. The summed E-state index contributed by atoms with van der Waals surface area (Å²) in [5.41, 5.74) is 0.560. The molecule has 20 heavy (non-hydrogen) atoms. The van der Waals surface area contributed by atoms with Gasteiger partial charge in [0.15, 0.2) is 0 Å². The summed E-state index contributed by atoms with van der Waals surface area (Å²) in [6, 6.07) is 5.03. The highest BCUT2D eigenvalue weighted by atomic mass is 35.5. The first-order valence-corrected chi connectivity index (χ1v) is 8.53.